The average Bonchev–Trinajstić information content (AvgIpc) is 2.82. The van der Waals surface area contributed by atoms with Crippen molar-refractivity contribution in [3.8, 4) is 0 Å². The summed E-state index contributed by atoms with van der Waals surface area (Å²) >= 11 is 0. The summed E-state index contributed by atoms with van der Waals surface area (Å²) in [6, 6.07) is 4.82. The van der Waals surface area contributed by atoms with E-state index in [4.69, 9.17) is 10.5 Å². The van der Waals surface area contributed by atoms with Crippen LogP contribution in [0.3, 0.4) is 0 Å². The Kier molecular flexibility index (Phi) is 4.36. The van der Waals surface area contributed by atoms with Gasteiger partial charge in [-0.1, -0.05) is 0 Å². The summed E-state index contributed by atoms with van der Waals surface area (Å²) in [6.45, 7) is 2.41. The van der Waals surface area contributed by atoms with Crippen LogP contribution in [0.4, 0.5) is 11.4 Å². The SMILES string of the molecule is COCC(N)C(=O)Nc1ccc2c(c1)CCN2C(C)=O. The Bertz CT molecular complexity index is 530. The van der Waals surface area contributed by atoms with Crippen LogP contribution in [-0.4, -0.2) is 38.1 Å². The molecule has 0 spiro atoms. The van der Waals surface area contributed by atoms with E-state index in [9.17, 15) is 9.59 Å². The molecule has 6 nitrogen and oxygen atoms in total. The summed E-state index contributed by atoms with van der Waals surface area (Å²) in [5.74, 6) is -0.254. The van der Waals surface area contributed by atoms with E-state index in [1.54, 1.807) is 17.9 Å². The van der Waals surface area contributed by atoms with Crippen molar-refractivity contribution >= 4 is 23.2 Å². The molecule has 0 radical (unpaired) electrons. The van der Waals surface area contributed by atoms with Crippen molar-refractivity contribution < 1.29 is 14.3 Å². The normalized spacial score (nSPS) is 14.8. The molecule has 0 aliphatic carbocycles. The number of anilines is 2. The Labute approximate surface area is 117 Å². The van der Waals surface area contributed by atoms with Crippen LogP contribution in [0.25, 0.3) is 0 Å². The van der Waals surface area contributed by atoms with Crippen LogP contribution in [0.15, 0.2) is 18.2 Å². The first-order chi connectivity index (χ1) is 9.52. The largest absolute Gasteiger partial charge is 0.383 e. The van der Waals surface area contributed by atoms with Gasteiger partial charge in [-0.3, -0.25) is 9.59 Å². The summed E-state index contributed by atoms with van der Waals surface area (Å²) in [4.78, 5) is 25.0. The van der Waals surface area contributed by atoms with Crippen LogP contribution >= 0.6 is 0 Å². The Balaban J connectivity index is 2.09. The molecule has 1 aromatic carbocycles. The maximum atomic E-state index is 11.8. The second kappa shape index (κ2) is 6.02. The molecule has 2 amide bonds. The Hall–Kier alpha value is -1.92. The molecule has 108 valence electrons. The number of fused-ring (bicyclic) bond motifs is 1. The molecule has 1 aliphatic rings. The van der Waals surface area contributed by atoms with E-state index in [1.807, 2.05) is 12.1 Å². The van der Waals surface area contributed by atoms with Gasteiger partial charge in [-0.2, -0.15) is 0 Å². The van der Waals surface area contributed by atoms with Gasteiger partial charge in [0.2, 0.25) is 11.8 Å². The van der Waals surface area contributed by atoms with E-state index < -0.39 is 6.04 Å². The molecule has 0 saturated heterocycles. The minimum atomic E-state index is -0.693. The molecular formula is C14H19N3O3. The molecule has 1 aliphatic heterocycles. The van der Waals surface area contributed by atoms with E-state index in [-0.39, 0.29) is 18.4 Å². The number of rotatable bonds is 4. The lowest BCUT2D eigenvalue weighted by Crippen LogP contribution is -2.39. The van der Waals surface area contributed by atoms with Gasteiger partial charge in [0.25, 0.3) is 0 Å². The summed E-state index contributed by atoms with van der Waals surface area (Å²) in [6.07, 6.45) is 0.794. The number of methoxy groups -OCH3 is 1. The van der Waals surface area contributed by atoms with Gasteiger partial charge in [0.05, 0.1) is 6.61 Å². The van der Waals surface area contributed by atoms with Gasteiger partial charge in [0, 0.05) is 32.0 Å². The summed E-state index contributed by atoms with van der Waals surface area (Å²) in [5, 5.41) is 2.75. The van der Waals surface area contributed by atoms with E-state index >= 15 is 0 Å². The second-order valence-corrected chi connectivity index (χ2v) is 4.82. The predicted octanol–water partition coefficient (Wildman–Crippen LogP) is 0.508. The molecule has 0 aromatic heterocycles. The predicted molar refractivity (Wildman–Crippen MR) is 76.7 cm³/mol. The molecule has 0 fully saturated rings. The van der Waals surface area contributed by atoms with E-state index in [1.165, 1.54) is 7.11 Å². The average molecular weight is 277 g/mol. The molecular weight excluding hydrogens is 258 g/mol. The Morgan fingerprint density at radius 1 is 1.50 bits per heavy atom. The van der Waals surface area contributed by atoms with Gasteiger partial charge in [0.15, 0.2) is 0 Å². The summed E-state index contributed by atoms with van der Waals surface area (Å²) in [7, 11) is 1.50. The van der Waals surface area contributed by atoms with Crippen LogP contribution in [-0.2, 0) is 20.7 Å². The van der Waals surface area contributed by atoms with Gasteiger partial charge in [-0.15, -0.1) is 0 Å². The maximum Gasteiger partial charge on any atom is 0.243 e. The fourth-order valence-electron chi connectivity index (χ4n) is 2.30. The minimum absolute atomic E-state index is 0.0302. The van der Waals surface area contributed by atoms with Gasteiger partial charge in [0.1, 0.15) is 6.04 Å². The number of hydrogen-bond acceptors (Lipinski definition) is 4. The number of nitrogens with two attached hydrogens (primary N) is 1. The highest BCUT2D eigenvalue weighted by Crippen LogP contribution is 2.30. The monoisotopic (exact) mass is 277 g/mol. The standard InChI is InChI=1S/C14H19N3O3/c1-9(18)17-6-5-10-7-11(3-4-13(10)17)16-14(19)12(15)8-20-2/h3-4,7,12H,5-6,8,15H2,1-2H3,(H,16,19). The molecule has 1 unspecified atom stereocenters. The number of carbonyl (C=O) groups excluding carboxylic acids is 2. The van der Waals surface area contributed by atoms with Crippen molar-refractivity contribution in [3.05, 3.63) is 23.8 Å². The lowest BCUT2D eigenvalue weighted by molar-refractivity contribution is -0.118. The number of nitrogens with one attached hydrogen (secondary N) is 1. The highest BCUT2D eigenvalue weighted by atomic mass is 16.5. The maximum absolute atomic E-state index is 11.8. The van der Waals surface area contributed by atoms with E-state index in [0.717, 1.165) is 17.7 Å². The third kappa shape index (κ3) is 2.97. The van der Waals surface area contributed by atoms with Crippen molar-refractivity contribution in [2.75, 3.05) is 30.5 Å². The van der Waals surface area contributed by atoms with Crippen molar-refractivity contribution in [3.63, 3.8) is 0 Å². The zero-order chi connectivity index (χ0) is 14.7. The third-order valence-electron chi connectivity index (χ3n) is 3.31. The van der Waals surface area contributed by atoms with Gasteiger partial charge >= 0.3 is 0 Å². The number of benzene rings is 1. The topological polar surface area (TPSA) is 84.7 Å². The molecule has 0 saturated carbocycles. The summed E-state index contributed by atoms with van der Waals surface area (Å²) < 4.78 is 4.85. The zero-order valence-electron chi connectivity index (χ0n) is 11.7. The Morgan fingerprint density at radius 2 is 2.25 bits per heavy atom. The van der Waals surface area contributed by atoms with Crippen molar-refractivity contribution in [1.29, 1.82) is 0 Å². The highest BCUT2D eigenvalue weighted by molar-refractivity contribution is 5.97. The molecule has 0 bridgehead atoms. The van der Waals surface area contributed by atoms with Crippen molar-refractivity contribution in [2.24, 2.45) is 5.73 Å². The van der Waals surface area contributed by atoms with Crippen LogP contribution in [0.1, 0.15) is 12.5 Å². The number of ether oxygens (including phenoxy) is 1. The van der Waals surface area contributed by atoms with Crippen LogP contribution in [0.2, 0.25) is 0 Å². The van der Waals surface area contributed by atoms with Crippen LogP contribution in [0.5, 0.6) is 0 Å². The molecule has 1 aromatic rings. The quantitative estimate of drug-likeness (QED) is 0.839. The molecule has 1 heterocycles. The fourth-order valence-corrected chi connectivity index (χ4v) is 2.30. The first-order valence-corrected chi connectivity index (χ1v) is 6.49. The van der Waals surface area contributed by atoms with E-state index in [2.05, 4.69) is 5.32 Å². The minimum Gasteiger partial charge on any atom is -0.383 e. The van der Waals surface area contributed by atoms with E-state index in [0.29, 0.717) is 12.2 Å². The molecule has 2 rings (SSSR count). The Morgan fingerprint density at radius 3 is 2.90 bits per heavy atom. The third-order valence-corrected chi connectivity index (χ3v) is 3.31. The second-order valence-electron chi connectivity index (χ2n) is 4.82. The van der Waals surface area contributed by atoms with Crippen molar-refractivity contribution in [2.45, 2.75) is 19.4 Å². The van der Waals surface area contributed by atoms with Gasteiger partial charge < -0.3 is 20.7 Å². The first kappa shape index (κ1) is 14.5. The molecule has 1 atom stereocenters. The zero-order valence-corrected chi connectivity index (χ0v) is 11.7. The molecule has 3 N–H and O–H groups in total. The number of amides is 2. The lowest BCUT2D eigenvalue weighted by atomic mass is 10.1. The van der Waals surface area contributed by atoms with Crippen LogP contribution < -0.4 is 16.0 Å². The lowest BCUT2D eigenvalue weighted by Gasteiger charge is -2.15. The molecule has 6 heteroatoms. The van der Waals surface area contributed by atoms with Crippen LogP contribution in [0, 0.1) is 0 Å². The van der Waals surface area contributed by atoms with Gasteiger partial charge in [-0.05, 0) is 30.2 Å². The number of nitrogens with zero attached hydrogens (tertiary/aromatic N) is 1. The van der Waals surface area contributed by atoms with Crippen molar-refractivity contribution in [1.82, 2.24) is 0 Å². The number of carbonyl (C=O) groups is 2. The van der Waals surface area contributed by atoms with Gasteiger partial charge in [-0.25, -0.2) is 0 Å². The molecule has 20 heavy (non-hydrogen) atoms. The fraction of sp³-hybridized carbons (Fsp3) is 0.429. The smallest absolute Gasteiger partial charge is 0.243 e. The summed E-state index contributed by atoms with van der Waals surface area (Å²) in [5.41, 5.74) is 8.31. The first-order valence-electron chi connectivity index (χ1n) is 6.49. The highest BCUT2D eigenvalue weighted by Gasteiger charge is 2.22. The number of hydrogen-bond donors (Lipinski definition) is 2.